The van der Waals surface area contributed by atoms with Crippen LogP contribution in [0.1, 0.15) is 18.9 Å². The molecule has 0 atom stereocenters. The molecular formula is C12H18N2O5S. The van der Waals surface area contributed by atoms with Gasteiger partial charge in [0, 0.05) is 25.2 Å². The molecule has 0 saturated carbocycles. The van der Waals surface area contributed by atoms with E-state index >= 15 is 0 Å². The third-order valence-corrected chi connectivity index (χ3v) is 4.56. The van der Waals surface area contributed by atoms with Gasteiger partial charge in [0.2, 0.25) is 10.0 Å². The fourth-order valence-corrected chi connectivity index (χ4v) is 3.38. The molecule has 1 rings (SSSR count). The van der Waals surface area contributed by atoms with Gasteiger partial charge in [-0.25, -0.2) is 8.42 Å². The Bertz CT molecular complexity index is 535. The van der Waals surface area contributed by atoms with Crippen LogP contribution in [0.2, 0.25) is 0 Å². The van der Waals surface area contributed by atoms with Crippen LogP contribution in [0.3, 0.4) is 0 Å². The normalized spacial score (nSPS) is 11.8. The highest BCUT2D eigenvalue weighted by atomic mass is 32.2. The molecule has 1 N–H and O–H groups in total. The summed E-state index contributed by atoms with van der Waals surface area (Å²) < 4.78 is 25.6. The van der Waals surface area contributed by atoms with Gasteiger partial charge in [-0.2, -0.15) is 4.31 Å². The summed E-state index contributed by atoms with van der Waals surface area (Å²) >= 11 is 0. The molecule has 0 amide bonds. The summed E-state index contributed by atoms with van der Waals surface area (Å²) in [4.78, 5) is 9.99. The second-order valence-electron chi connectivity index (χ2n) is 4.30. The monoisotopic (exact) mass is 302 g/mol. The molecule has 0 bridgehead atoms. The summed E-state index contributed by atoms with van der Waals surface area (Å²) in [5.74, 6) is -0.231. The zero-order valence-corrected chi connectivity index (χ0v) is 12.0. The summed E-state index contributed by atoms with van der Waals surface area (Å²) in [5, 5.41) is 19.4. The molecule has 20 heavy (non-hydrogen) atoms. The van der Waals surface area contributed by atoms with Gasteiger partial charge in [-0.3, -0.25) is 10.1 Å². The minimum absolute atomic E-state index is 0.0587. The van der Waals surface area contributed by atoms with Crippen molar-refractivity contribution in [2.45, 2.75) is 19.1 Å². The number of hydrogen-bond acceptors (Lipinski definition) is 5. The molecule has 0 heterocycles. The lowest BCUT2D eigenvalue weighted by atomic mass is 10.2. The summed E-state index contributed by atoms with van der Waals surface area (Å²) in [6.45, 7) is 2.02. The molecule has 112 valence electrons. The molecule has 0 radical (unpaired) electrons. The maximum absolute atomic E-state index is 12.2. The average molecular weight is 302 g/mol. The largest absolute Gasteiger partial charge is 0.395 e. The summed E-state index contributed by atoms with van der Waals surface area (Å²) in [6, 6.07) is 5.42. The second-order valence-corrected chi connectivity index (χ2v) is 6.27. The average Bonchev–Trinajstić information content (AvgIpc) is 2.38. The Morgan fingerprint density at radius 1 is 1.25 bits per heavy atom. The smallest absolute Gasteiger partial charge is 0.269 e. The lowest BCUT2D eigenvalue weighted by Gasteiger charge is -2.20. The third-order valence-electron chi connectivity index (χ3n) is 2.71. The van der Waals surface area contributed by atoms with E-state index in [1.165, 1.54) is 28.6 Å². The molecule has 0 saturated heterocycles. The minimum atomic E-state index is -3.53. The Hall–Kier alpha value is -1.51. The van der Waals surface area contributed by atoms with Crippen molar-refractivity contribution in [2.75, 3.05) is 19.7 Å². The van der Waals surface area contributed by atoms with Crippen LogP contribution in [0, 0.1) is 10.1 Å². The first-order valence-electron chi connectivity index (χ1n) is 6.22. The van der Waals surface area contributed by atoms with Gasteiger partial charge in [0.05, 0.1) is 17.3 Å². The maximum Gasteiger partial charge on any atom is 0.269 e. The Kier molecular flexibility index (Phi) is 6.05. The van der Waals surface area contributed by atoms with E-state index in [0.29, 0.717) is 18.5 Å². The lowest BCUT2D eigenvalue weighted by molar-refractivity contribution is -0.384. The Morgan fingerprint density at radius 3 is 2.30 bits per heavy atom. The van der Waals surface area contributed by atoms with Crippen molar-refractivity contribution in [1.29, 1.82) is 0 Å². The molecule has 0 spiro atoms. The maximum atomic E-state index is 12.2. The van der Waals surface area contributed by atoms with E-state index in [1.54, 1.807) is 0 Å². The molecule has 8 heteroatoms. The number of nitro benzene ring substituents is 1. The minimum Gasteiger partial charge on any atom is -0.395 e. The van der Waals surface area contributed by atoms with Gasteiger partial charge >= 0.3 is 0 Å². The van der Waals surface area contributed by atoms with Gasteiger partial charge in [0.15, 0.2) is 0 Å². The van der Waals surface area contributed by atoms with Gasteiger partial charge < -0.3 is 5.11 Å². The van der Waals surface area contributed by atoms with Crippen molar-refractivity contribution in [3.8, 4) is 0 Å². The Labute approximate surface area is 118 Å². The van der Waals surface area contributed by atoms with Gasteiger partial charge in [0.25, 0.3) is 5.69 Å². The number of nitrogens with zero attached hydrogens (tertiary/aromatic N) is 2. The van der Waals surface area contributed by atoms with Crippen molar-refractivity contribution < 1.29 is 18.4 Å². The van der Waals surface area contributed by atoms with Crippen molar-refractivity contribution >= 4 is 15.7 Å². The van der Waals surface area contributed by atoms with Gasteiger partial charge in [0.1, 0.15) is 0 Å². The standard InChI is InChI=1S/C12H18N2O5S/c1-2-7-13(8-9-15)20(18,19)10-11-3-5-12(6-4-11)14(16)17/h3-6,15H,2,7-10H2,1H3. The van der Waals surface area contributed by atoms with Crippen LogP contribution < -0.4 is 0 Å². The number of benzene rings is 1. The number of hydrogen-bond donors (Lipinski definition) is 1. The van der Waals surface area contributed by atoms with Crippen molar-refractivity contribution in [3.63, 3.8) is 0 Å². The predicted octanol–water partition coefficient (Wildman–Crippen LogP) is 1.13. The molecule has 0 aliphatic rings. The second kappa shape index (κ2) is 7.32. The molecular weight excluding hydrogens is 284 g/mol. The van der Waals surface area contributed by atoms with Gasteiger partial charge in [-0.15, -0.1) is 0 Å². The number of aliphatic hydroxyl groups excluding tert-OH is 1. The number of sulfonamides is 1. The van der Waals surface area contributed by atoms with Crippen molar-refractivity contribution in [3.05, 3.63) is 39.9 Å². The topological polar surface area (TPSA) is 101 Å². The van der Waals surface area contributed by atoms with E-state index in [4.69, 9.17) is 5.11 Å². The summed E-state index contributed by atoms with van der Waals surface area (Å²) in [7, 11) is -3.53. The molecule has 0 fully saturated rings. The zero-order valence-electron chi connectivity index (χ0n) is 11.2. The highest BCUT2D eigenvalue weighted by molar-refractivity contribution is 7.88. The molecule has 7 nitrogen and oxygen atoms in total. The van der Waals surface area contributed by atoms with Crippen molar-refractivity contribution in [1.82, 2.24) is 4.31 Å². The first kappa shape index (κ1) is 16.5. The summed E-state index contributed by atoms with van der Waals surface area (Å²) in [5.41, 5.74) is 0.404. The van der Waals surface area contributed by atoms with Crippen LogP contribution in [0.15, 0.2) is 24.3 Å². The number of aliphatic hydroxyl groups is 1. The van der Waals surface area contributed by atoms with Crippen LogP contribution in [-0.2, 0) is 15.8 Å². The molecule has 1 aromatic carbocycles. The lowest BCUT2D eigenvalue weighted by Crippen LogP contribution is -2.35. The number of nitro groups is 1. The molecule has 0 aliphatic carbocycles. The van der Waals surface area contributed by atoms with E-state index in [1.807, 2.05) is 6.92 Å². The van der Waals surface area contributed by atoms with Crippen LogP contribution in [0.5, 0.6) is 0 Å². The molecule has 1 aromatic rings. The first-order valence-corrected chi connectivity index (χ1v) is 7.83. The highest BCUT2D eigenvalue weighted by Gasteiger charge is 2.21. The SMILES string of the molecule is CCCN(CCO)S(=O)(=O)Cc1ccc([N+](=O)[O-])cc1. The van der Waals surface area contributed by atoms with E-state index in [-0.39, 0.29) is 24.6 Å². The van der Waals surface area contributed by atoms with Gasteiger partial charge in [-0.1, -0.05) is 19.1 Å². The van der Waals surface area contributed by atoms with Crippen LogP contribution in [-0.4, -0.2) is 42.4 Å². The quantitative estimate of drug-likeness (QED) is 0.573. The van der Waals surface area contributed by atoms with E-state index in [2.05, 4.69) is 0 Å². The summed E-state index contributed by atoms with van der Waals surface area (Å²) in [6.07, 6.45) is 0.652. The zero-order chi connectivity index (χ0) is 15.2. The first-order chi connectivity index (χ1) is 9.40. The van der Waals surface area contributed by atoms with E-state index in [9.17, 15) is 18.5 Å². The van der Waals surface area contributed by atoms with Gasteiger partial charge in [-0.05, 0) is 12.0 Å². The Balaban J connectivity index is 2.86. The van der Waals surface area contributed by atoms with Crippen LogP contribution in [0.4, 0.5) is 5.69 Å². The van der Waals surface area contributed by atoms with Crippen LogP contribution >= 0.6 is 0 Å². The number of non-ortho nitro benzene ring substituents is 1. The molecule has 0 aliphatic heterocycles. The predicted molar refractivity (Wildman–Crippen MR) is 74.7 cm³/mol. The Morgan fingerprint density at radius 2 is 1.85 bits per heavy atom. The highest BCUT2D eigenvalue weighted by Crippen LogP contribution is 2.16. The fourth-order valence-electron chi connectivity index (χ4n) is 1.77. The third kappa shape index (κ3) is 4.55. The fraction of sp³-hybridized carbons (Fsp3) is 0.500. The number of rotatable bonds is 8. The van der Waals surface area contributed by atoms with E-state index in [0.717, 1.165) is 0 Å². The van der Waals surface area contributed by atoms with Crippen LogP contribution in [0.25, 0.3) is 0 Å². The van der Waals surface area contributed by atoms with E-state index < -0.39 is 14.9 Å². The molecule has 0 aromatic heterocycles. The van der Waals surface area contributed by atoms with Crippen molar-refractivity contribution in [2.24, 2.45) is 0 Å². The molecule has 0 unspecified atom stereocenters.